The van der Waals surface area contributed by atoms with Crippen molar-refractivity contribution in [1.82, 2.24) is 0 Å². The Bertz CT molecular complexity index is 1010. The molecule has 3 rings (SSSR count). The number of fused-ring (bicyclic) bond motifs is 1. The molecule has 0 aromatic heterocycles. The van der Waals surface area contributed by atoms with Gasteiger partial charge in [-0.05, 0) is 89.0 Å². The fourth-order valence-electron chi connectivity index (χ4n) is 5.14. The molecule has 0 saturated heterocycles. The van der Waals surface area contributed by atoms with Gasteiger partial charge in [-0.1, -0.05) is 84.2 Å². The third kappa shape index (κ3) is 5.78. The molecule has 2 aromatic carbocycles. The van der Waals surface area contributed by atoms with Gasteiger partial charge in [-0.15, -0.1) is 0 Å². The van der Waals surface area contributed by atoms with Gasteiger partial charge in [0, 0.05) is 0 Å². The molecule has 0 fully saturated rings. The molecule has 0 saturated carbocycles. The smallest absolute Gasteiger partial charge is 0.337 e. The summed E-state index contributed by atoms with van der Waals surface area (Å²) in [6.07, 6.45) is 10.9. The van der Waals surface area contributed by atoms with E-state index in [9.17, 15) is 4.79 Å². The highest BCUT2D eigenvalue weighted by molar-refractivity contribution is 5.90. The molecular formula is C31H42O2. The van der Waals surface area contributed by atoms with Crippen molar-refractivity contribution in [3.8, 4) is 0 Å². The summed E-state index contributed by atoms with van der Waals surface area (Å²) in [4.78, 5) is 11.8. The van der Waals surface area contributed by atoms with Crippen molar-refractivity contribution in [1.29, 1.82) is 0 Å². The molecule has 2 aromatic rings. The number of hydrogen-bond donors (Lipinski definition) is 0. The predicted molar refractivity (Wildman–Crippen MR) is 141 cm³/mol. The highest BCUT2D eigenvalue weighted by Crippen LogP contribution is 2.47. The second-order valence-electron chi connectivity index (χ2n) is 11.1. The number of unbranched alkanes of at least 4 members (excludes halogenated alkanes) is 3. The van der Waals surface area contributed by atoms with Crippen LogP contribution in [0.5, 0.6) is 0 Å². The Morgan fingerprint density at radius 2 is 1.55 bits per heavy atom. The number of ether oxygens (including phenoxy) is 1. The molecule has 0 spiro atoms. The number of aryl methyl sites for hydroxylation is 1. The fourth-order valence-corrected chi connectivity index (χ4v) is 5.14. The fraction of sp³-hybridized carbons (Fsp3) is 0.516. The van der Waals surface area contributed by atoms with Crippen molar-refractivity contribution in [2.45, 2.75) is 97.3 Å². The van der Waals surface area contributed by atoms with Crippen molar-refractivity contribution in [3.05, 3.63) is 69.8 Å². The van der Waals surface area contributed by atoms with Crippen LogP contribution in [-0.2, 0) is 22.0 Å². The first-order valence-electron chi connectivity index (χ1n) is 12.6. The molecule has 0 unspecified atom stereocenters. The molecule has 0 amide bonds. The molecule has 0 aliphatic heterocycles. The summed E-state index contributed by atoms with van der Waals surface area (Å²) in [6, 6.07) is 12.7. The zero-order chi connectivity index (χ0) is 24.2. The van der Waals surface area contributed by atoms with Crippen LogP contribution in [0.1, 0.15) is 118 Å². The van der Waals surface area contributed by atoms with Gasteiger partial charge in [0.1, 0.15) is 0 Å². The molecular weight excluding hydrogens is 404 g/mol. The van der Waals surface area contributed by atoms with E-state index in [1.807, 2.05) is 24.3 Å². The molecule has 2 nitrogen and oxygen atoms in total. The topological polar surface area (TPSA) is 26.3 Å². The van der Waals surface area contributed by atoms with Gasteiger partial charge in [0.2, 0.25) is 0 Å². The highest BCUT2D eigenvalue weighted by atomic mass is 16.5. The minimum atomic E-state index is -0.295. The summed E-state index contributed by atoms with van der Waals surface area (Å²) in [7, 11) is 1.42. The summed E-state index contributed by atoms with van der Waals surface area (Å²) in [6.45, 7) is 14.1. The Morgan fingerprint density at radius 1 is 0.939 bits per heavy atom. The summed E-state index contributed by atoms with van der Waals surface area (Å²) in [5, 5.41) is 0. The molecule has 0 N–H and O–H groups in total. The van der Waals surface area contributed by atoms with Crippen molar-refractivity contribution < 1.29 is 9.53 Å². The maximum absolute atomic E-state index is 11.8. The second kappa shape index (κ2) is 10.3. The van der Waals surface area contributed by atoms with Gasteiger partial charge in [0.25, 0.3) is 0 Å². The molecule has 33 heavy (non-hydrogen) atoms. The number of esters is 1. The number of rotatable bonds is 8. The summed E-state index contributed by atoms with van der Waals surface area (Å²) >= 11 is 0. The van der Waals surface area contributed by atoms with Gasteiger partial charge in [-0.2, -0.15) is 0 Å². The lowest BCUT2D eigenvalue weighted by atomic mass is 9.62. The Balaban J connectivity index is 2.04. The Labute approximate surface area is 201 Å². The van der Waals surface area contributed by atoms with Gasteiger partial charge in [-0.3, -0.25) is 0 Å². The standard InChI is InChI=1S/C31H42O2/c1-8-9-10-11-12-25-20-27-28(31(5,6)18-17-30(27,3)4)21-26(25)22(2)19-23-13-15-24(16-14-23)29(32)33-7/h13-16,19-21H,8-12,17-18H2,1-7H3. The number of allylic oxidation sites excluding steroid dienone is 1. The summed E-state index contributed by atoms with van der Waals surface area (Å²) in [5.74, 6) is -0.295. The lowest BCUT2D eigenvalue weighted by Gasteiger charge is -2.42. The number of benzene rings is 2. The van der Waals surface area contributed by atoms with E-state index in [0.29, 0.717) is 5.56 Å². The van der Waals surface area contributed by atoms with Crippen LogP contribution in [0.3, 0.4) is 0 Å². The van der Waals surface area contributed by atoms with Crippen molar-refractivity contribution in [2.24, 2.45) is 0 Å². The lowest BCUT2D eigenvalue weighted by molar-refractivity contribution is 0.0600. The minimum absolute atomic E-state index is 0.197. The first-order chi connectivity index (χ1) is 15.6. The third-order valence-corrected chi connectivity index (χ3v) is 7.52. The van der Waals surface area contributed by atoms with Gasteiger partial charge >= 0.3 is 5.97 Å². The Hall–Kier alpha value is -2.35. The molecule has 0 bridgehead atoms. The molecule has 1 aliphatic carbocycles. The SMILES string of the molecule is CCCCCCc1cc2c(cc1C(C)=Cc1ccc(C(=O)OC)cc1)C(C)(C)CCC2(C)C. The molecule has 0 heterocycles. The zero-order valence-corrected chi connectivity index (χ0v) is 21.8. The van der Waals surface area contributed by atoms with E-state index < -0.39 is 0 Å². The number of carbonyl (C=O) groups excluding carboxylic acids is 1. The average molecular weight is 447 g/mol. The normalized spacial score (nSPS) is 16.9. The number of carbonyl (C=O) groups is 1. The van der Waals surface area contributed by atoms with Gasteiger partial charge in [-0.25, -0.2) is 4.79 Å². The molecule has 1 aliphatic rings. The van der Waals surface area contributed by atoms with Crippen LogP contribution in [-0.4, -0.2) is 13.1 Å². The van der Waals surface area contributed by atoms with E-state index >= 15 is 0 Å². The van der Waals surface area contributed by atoms with Gasteiger partial charge in [0.15, 0.2) is 0 Å². The first-order valence-corrected chi connectivity index (χ1v) is 12.6. The van der Waals surface area contributed by atoms with Crippen molar-refractivity contribution in [2.75, 3.05) is 7.11 Å². The van der Waals surface area contributed by atoms with Crippen LogP contribution < -0.4 is 0 Å². The van der Waals surface area contributed by atoms with E-state index in [1.165, 1.54) is 67.9 Å². The maximum atomic E-state index is 11.8. The average Bonchev–Trinajstić information content (AvgIpc) is 2.79. The highest BCUT2D eigenvalue weighted by Gasteiger charge is 2.37. The Kier molecular flexibility index (Phi) is 7.88. The van der Waals surface area contributed by atoms with E-state index in [2.05, 4.69) is 59.8 Å². The first kappa shape index (κ1) is 25.3. The van der Waals surface area contributed by atoms with Crippen LogP contribution in [0.2, 0.25) is 0 Å². The van der Waals surface area contributed by atoms with E-state index in [4.69, 9.17) is 4.74 Å². The van der Waals surface area contributed by atoms with Crippen molar-refractivity contribution >= 4 is 17.6 Å². The van der Waals surface area contributed by atoms with Crippen LogP contribution >= 0.6 is 0 Å². The largest absolute Gasteiger partial charge is 0.465 e. The Morgan fingerprint density at radius 3 is 2.12 bits per heavy atom. The van der Waals surface area contributed by atoms with Crippen LogP contribution in [0, 0.1) is 0 Å². The van der Waals surface area contributed by atoms with E-state index in [1.54, 1.807) is 5.56 Å². The lowest BCUT2D eigenvalue weighted by Crippen LogP contribution is -2.34. The van der Waals surface area contributed by atoms with E-state index in [-0.39, 0.29) is 16.8 Å². The van der Waals surface area contributed by atoms with Gasteiger partial charge in [0.05, 0.1) is 12.7 Å². The quantitative estimate of drug-likeness (QED) is 0.231. The second-order valence-corrected chi connectivity index (χ2v) is 11.1. The van der Waals surface area contributed by atoms with Gasteiger partial charge < -0.3 is 4.74 Å². The zero-order valence-electron chi connectivity index (χ0n) is 21.8. The monoisotopic (exact) mass is 446 g/mol. The summed E-state index contributed by atoms with van der Waals surface area (Å²) in [5.41, 5.74) is 9.32. The molecule has 178 valence electrons. The van der Waals surface area contributed by atoms with Crippen LogP contribution in [0.15, 0.2) is 36.4 Å². The van der Waals surface area contributed by atoms with Crippen LogP contribution in [0.25, 0.3) is 11.6 Å². The number of hydrogen-bond acceptors (Lipinski definition) is 2. The van der Waals surface area contributed by atoms with E-state index in [0.717, 1.165) is 12.0 Å². The van der Waals surface area contributed by atoms with Crippen molar-refractivity contribution in [3.63, 3.8) is 0 Å². The minimum Gasteiger partial charge on any atom is -0.465 e. The maximum Gasteiger partial charge on any atom is 0.337 e. The molecule has 0 radical (unpaired) electrons. The molecule has 2 heteroatoms. The molecule has 0 atom stereocenters. The summed E-state index contributed by atoms with van der Waals surface area (Å²) < 4.78 is 4.83. The van der Waals surface area contributed by atoms with Crippen LogP contribution in [0.4, 0.5) is 0 Å². The number of methoxy groups -OCH3 is 1. The third-order valence-electron chi connectivity index (χ3n) is 7.52. The predicted octanol–water partition coefficient (Wildman–Crippen LogP) is 8.51.